The number of aromatic nitrogens is 2. The summed E-state index contributed by atoms with van der Waals surface area (Å²) in [4.78, 5) is 15.9. The number of hydrogen-bond acceptors (Lipinski definition) is 3. The molecule has 0 aliphatic heterocycles. The van der Waals surface area contributed by atoms with Crippen molar-refractivity contribution in [2.75, 3.05) is 7.11 Å². The van der Waals surface area contributed by atoms with Crippen molar-refractivity contribution < 1.29 is 13.9 Å². The monoisotopic (exact) mass is 348 g/mol. The number of rotatable bonds is 2. The zero-order valence-electron chi connectivity index (χ0n) is 11.0. The molecule has 6 heteroatoms. The maximum atomic E-state index is 14.0. The molecule has 0 saturated carbocycles. The number of imidazole rings is 1. The van der Waals surface area contributed by atoms with Gasteiger partial charge in [0, 0.05) is 16.9 Å². The van der Waals surface area contributed by atoms with E-state index in [0.29, 0.717) is 26.9 Å². The SMILES string of the molecule is COC(=O)c1ccn2cc(-c3c(F)cccc3Br)nc2c1. The lowest BCUT2D eigenvalue weighted by Crippen LogP contribution is -2.01. The fourth-order valence-corrected chi connectivity index (χ4v) is 2.63. The Morgan fingerprint density at radius 2 is 2.19 bits per heavy atom. The Morgan fingerprint density at radius 1 is 1.38 bits per heavy atom. The van der Waals surface area contributed by atoms with E-state index in [0.717, 1.165) is 0 Å². The predicted octanol–water partition coefficient (Wildman–Crippen LogP) is 3.69. The van der Waals surface area contributed by atoms with E-state index in [2.05, 4.69) is 25.7 Å². The molecular weight excluding hydrogens is 339 g/mol. The molecule has 4 nitrogen and oxygen atoms in total. The average Bonchev–Trinajstić information content (AvgIpc) is 2.88. The Kier molecular flexibility index (Phi) is 3.47. The fraction of sp³-hybridized carbons (Fsp3) is 0.0667. The maximum absolute atomic E-state index is 14.0. The molecule has 0 fully saturated rings. The first kappa shape index (κ1) is 13.8. The van der Waals surface area contributed by atoms with Crippen LogP contribution < -0.4 is 0 Å². The van der Waals surface area contributed by atoms with Gasteiger partial charge in [0.2, 0.25) is 0 Å². The van der Waals surface area contributed by atoms with E-state index in [9.17, 15) is 9.18 Å². The summed E-state index contributed by atoms with van der Waals surface area (Å²) in [5.74, 6) is -0.796. The van der Waals surface area contributed by atoms with Crippen LogP contribution in [0.2, 0.25) is 0 Å². The Morgan fingerprint density at radius 3 is 2.90 bits per heavy atom. The highest BCUT2D eigenvalue weighted by molar-refractivity contribution is 9.10. The number of methoxy groups -OCH3 is 1. The Balaban J connectivity index is 2.15. The average molecular weight is 349 g/mol. The summed E-state index contributed by atoms with van der Waals surface area (Å²) >= 11 is 3.33. The largest absolute Gasteiger partial charge is 0.465 e. The highest BCUT2D eigenvalue weighted by Crippen LogP contribution is 2.30. The van der Waals surface area contributed by atoms with Crippen LogP contribution in [0.3, 0.4) is 0 Å². The summed E-state index contributed by atoms with van der Waals surface area (Å²) in [6.45, 7) is 0. The zero-order valence-corrected chi connectivity index (χ0v) is 12.6. The van der Waals surface area contributed by atoms with Gasteiger partial charge in [-0.25, -0.2) is 14.2 Å². The van der Waals surface area contributed by atoms with Crippen LogP contribution in [0, 0.1) is 5.82 Å². The molecule has 0 bridgehead atoms. The number of hydrogen-bond donors (Lipinski definition) is 0. The van der Waals surface area contributed by atoms with E-state index in [4.69, 9.17) is 0 Å². The molecular formula is C15H10BrFN2O2. The second kappa shape index (κ2) is 5.29. The Bertz CT molecular complexity index is 825. The number of benzene rings is 1. The number of ether oxygens (including phenoxy) is 1. The smallest absolute Gasteiger partial charge is 0.338 e. The molecule has 0 aliphatic carbocycles. The summed E-state index contributed by atoms with van der Waals surface area (Å²) in [5, 5.41) is 0. The van der Waals surface area contributed by atoms with Gasteiger partial charge in [0.05, 0.1) is 23.9 Å². The molecule has 0 saturated heterocycles. The molecule has 0 atom stereocenters. The number of carbonyl (C=O) groups excluding carboxylic acids is 1. The summed E-state index contributed by atoms with van der Waals surface area (Å²) in [7, 11) is 1.32. The molecule has 106 valence electrons. The molecule has 3 aromatic rings. The first-order valence-electron chi connectivity index (χ1n) is 6.11. The summed E-state index contributed by atoms with van der Waals surface area (Å²) in [5.41, 5.74) is 1.82. The molecule has 0 N–H and O–H groups in total. The normalized spacial score (nSPS) is 10.8. The fourth-order valence-electron chi connectivity index (χ4n) is 2.09. The lowest BCUT2D eigenvalue weighted by molar-refractivity contribution is 0.0600. The van der Waals surface area contributed by atoms with Crippen molar-refractivity contribution in [3.63, 3.8) is 0 Å². The van der Waals surface area contributed by atoms with Crippen LogP contribution in [0.15, 0.2) is 47.2 Å². The zero-order chi connectivity index (χ0) is 15.0. The third-order valence-corrected chi connectivity index (χ3v) is 3.76. The molecule has 2 aromatic heterocycles. The van der Waals surface area contributed by atoms with E-state index in [1.165, 1.54) is 13.2 Å². The Hall–Kier alpha value is -2.21. The second-order valence-corrected chi connectivity index (χ2v) is 5.25. The molecule has 0 radical (unpaired) electrons. The topological polar surface area (TPSA) is 43.6 Å². The van der Waals surface area contributed by atoms with Crippen molar-refractivity contribution in [3.05, 3.63) is 58.6 Å². The molecule has 0 spiro atoms. The van der Waals surface area contributed by atoms with E-state index in [1.54, 1.807) is 41.1 Å². The minimum absolute atomic E-state index is 0.360. The van der Waals surface area contributed by atoms with Gasteiger partial charge < -0.3 is 9.14 Å². The van der Waals surface area contributed by atoms with Crippen molar-refractivity contribution in [1.82, 2.24) is 9.38 Å². The van der Waals surface area contributed by atoms with Gasteiger partial charge in [-0.1, -0.05) is 6.07 Å². The van der Waals surface area contributed by atoms with Crippen molar-refractivity contribution in [1.29, 1.82) is 0 Å². The molecule has 0 unspecified atom stereocenters. The second-order valence-electron chi connectivity index (χ2n) is 4.40. The van der Waals surface area contributed by atoms with Crippen LogP contribution in [-0.2, 0) is 4.74 Å². The van der Waals surface area contributed by atoms with Gasteiger partial charge in [-0.2, -0.15) is 0 Å². The number of fused-ring (bicyclic) bond motifs is 1. The van der Waals surface area contributed by atoms with Gasteiger partial charge >= 0.3 is 5.97 Å². The van der Waals surface area contributed by atoms with Gasteiger partial charge in [-0.15, -0.1) is 0 Å². The standard InChI is InChI=1S/C15H10BrFN2O2/c1-21-15(20)9-5-6-19-8-12(18-13(19)7-9)14-10(16)3-2-4-11(14)17/h2-8H,1H3. The number of esters is 1. The van der Waals surface area contributed by atoms with E-state index in [-0.39, 0.29) is 5.82 Å². The molecule has 0 amide bonds. The van der Waals surface area contributed by atoms with Crippen LogP contribution in [0.5, 0.6) is 0 Å². The van der Waals surface area contributed by atoms with Crippen molar-refractivity contribution >= 4 is 27.5 Å². The van der Waals surface area contributed by atoms with Gasteiger partial charge in [0.25, 0.3) is 0 Å². The lowest BCUT2D eigenvalue weighted by atomic mass is 10.1. The van der Waals surface area contributed by atoms with Crippen molar-refractivity contribution in [2.24, 2.45) is 0 Å². The number of nitrogens with zero attached hydrogens (tertiary/aromatic N) is 2. The summed E-state index contributed by atoms with van der Waals surface area (Å²) < 4.78 is 21.0. The van der Waals surface area contributed by atoms with E-state index < -0.39 is 5.97 Å². The number of halogens is 2. The van der Waals surface area contributed by atoms with Crippen LogP contribution in [0.25, 0.3) is 16.9 Å². The minimum Gasteiger partial charge on any atom is -0.465 e. The minimum atomic E-state index is -0.436. The molecule has 3 rings (SSSR count). The van der Waals surface area contributed by atoms with Crippen LogP contribution in [-0.4, -0.2) is 22.5 Å². The highest BCUT2D eigenvalue weighted by Gasteiger charge is 2.14. The maximum Gasteiger partial charge on any atom is 0.338 e. The van der Waals surface area contributed by atoms with Gasteiger partial charge in [-0.3, -0.25) is 0 Å². The van der Waals surface area contributed by atoms with E-state index in [1.807, 2.05) is 0 Å². The van der Waals surface area contributed by atoms with Crippen LogP contribution >= 0.6 is 15.9 Å². The van der Waals surface area contributed by atoms with Crippen LogP contribution in [0.4, 0.5) is 4.39 Å². The Labute approximate surface area is 128 Å². The highest BCUT2D eigenvalue weighted by atomic mass is 79.9. The lowest BCUT2D eigenvalue weighted by Gasteiger charge is -2.01. The molecule has 1 aromatic carbocycles. The summed E-state index contributed by atoms with van der Waals surface area (Å²) in [6.07, 6.45) is 3.40. The third kappa shape index (κ3) is 2.42. The first-order chi connectivity index (χ1) is 10.1. The molecule has 21 heavy (non-hydrogen) atoms. The van der Waals surface area contributed by atoms with Gasteiger partial charge in [0.15, 0.2) is 0 Å². The molecule has 2 heterocycles. The van der Waals surface area contributed by atoms with E-state index >= 15 is 0 Å². The van der Waals surface area contributed by atoms with Gasteiger partial charge in [0.1, 0.15) is 11.5 Å². The number of carbonyl (C=O) groups is 1. The summed E-state index contributed by atoms with van der Waals surface area (Å²) in [6, 6.07) is 7.98. The molecule has 0 aliphatic rings. The van der Waals surface area contributed by atoms with Crippen molar-refractivity contribution in [2.45, 2.75) is 0 Å². The predicted molar refractivity (Wildman–Crippen MR) is 79.6 cm³/mol. The quantitative estimate of drug-likeness (QED) is 0.663. The van der Waals surface area contributed by atoms with Gasteiger partial charge in [-0.05, 0) is 40.2 Å². The number of pyridine rings is 1. The third-order valence-electron chi connectivity index (χ3n) is 3.10. The van der Waals surface area contributed by atoms with Crippen molar-refractivity contribution in [3.8, 4) is 11.3 Å². The van der Waals surface area contributed by atoms with Crippen LogP contribution in [0.1, 0.15) is 10.4 Å². The first-order valence-corrected chi connectivity index (χ1v) is 6.91.